The summed E-state index contributed by atoms with van der Waals surface area (Å²) in [6.45, 7) is 5.78. The van der Waals surface area contributed by atoms with E-state index in [4.69, 9.17) is 10.7 Å². The second-order valence-electron chi connectivity index (χ2n) is 5.33. The van der Waals surface area contributed by atoms with Crippen LogP contribution in [-0.2, 0) is 6.42 Å². The maximum absolute atomic E-state index is 6.12. The van der Waals surface area contributed by atoms with Gasteiger partial charge in [-0.2, -0.15) is 0 Å². The third-order valence-corrected chi connectivity index (χ3v) is 4.22. The summed E-state index contributed by atoms with van der Waals surface area (Å²) in [5.74, 6) is 1.83. The highest BCUT2D eigenvalue weighted by Crippen LogP contribution is 2.29. The van der Waals surface area contributed by atoms with Gasteiger partial charge in [-0.15, -0.1) is 0 Å². The van der Waals surface area contributed by atoms with Gasteiger partial charge in [-0.05, 0) is 32.4 Å². The molecule has 2 aliphatic heterocycles. The number of nitrogens with two attached hydrogens (primary N) is 1. The molecule has 2 N–H and O–H groups in total. The molecule has 1 aromatic heterocycles. The predicted molar refractivity (Wildman–Crippen MR) is 67.9 cm³/mol. The van der Waals surface area contributed by atoms with Crippen LogP contribution in [0.5, 0.6) is 0 Å². The lowest BCUT2D eigenvalue weighted by atomic mass is 10.1. The van der Waals surface area contributed by atoms with E-state index in [0.717, 1.165) is 19.4 Å². The first-order valence-electron chi connectivity index (χ1n) is 6.83. The van der Waals surface area contributed by atoms with Crippen LogP contribution in [0.2, 0.25) is 0 Å². The van der Waals surface area contributed by atoms with Gasteiger partial charge in [0.1, 0.15) is 5.82 Å². The molecule has 1 saturated heterocycles. The highest BCUT2D eigenvalue weighted by Gasteiger charge is 2.27. The molecule has 0 spiro atoms. The summed E-state index contributed by atoms with van der Waals surface area (Å²) < 4.78 is 2.20. The van der Waals surface area contributed by atoms with Crippen LogP contribution in [0, 0.1) is 0 Å². The van der Waals surface area contributed by atoms with Crippen LogP contribution in [-0.4, -0.2) is 34.1 Å². The van der Waals surface area contributed by atoms with Gasteiger partial charge in [0, 0.05) is 25.1 Å². The van der Waals surface area contributed by atoms with Crippen LogP contribution >= 0.6 is 0 Å². The zero-order chi connectivity index (χ0) is 11.8. The number of aromatic nitrogens is 2. The van der Waals surface area contributed by atoms with Crippen molar-refractivity contribution in [1.29, 1.82) is 0 Å². The maximum atomic E-state index is 6.12. The average Bonchev–Trinajstić information content (AvgIpc) is 2.95. The zero-order valence-corrected chi connectivity index (χ0v) is 10.6. The van der Waals surface area contributed by atoms with Crippen molar-refractivity contribution in [3.8, 4) is 0 Å². The zero-order valence-electron chi connectivity index (χ0n) is 10.6. The maximum Gasteiger partial charge on any atom is 0.110 e. The molecule has 3 heterocycles. The number of imidazole rings is 1. The minimum absolute atomic E-state index is 0.156. The van der Waals surface area contributed by atoms with Crippen molar-refractivity contribution in [2.45, 2.75) is 44.7 Å². The predicted octanol–water partition coefficient (Wildman–Crippen LogP) is 1.49. The minimum Gasteiger partial charge on any atom is -0.319 e. The Morgan fingerprint density at radius 1 is 1.47 bits per heavy atom. The van der Waals surface area contributed by atoms with E-state index in [1.807, 2.05) is 0 Å². The lowest BCUT2D eigenvalue weighted by Gasteiger charge is -2.20. The Kier molecular flexibility index (Phi) is 2.92. The molecule has 3 rings (SSSR count). The van der Waals surface area contributed by atoms with Crippen molar-refractivity contribution in [2.75, 3.05) is 19.6 Å². The van der Waals surface area contributed by atoms with Gasteiger partial charge in [-0.3, -0.25) is 0 Å². The Labute approximate surface area is 103 Å². The molecular weight excluding hydrogens is 212 g/mol. The fourth-order valence-corrected chi connectivity index (χ4v) is 3.09. The van der Waals surface area contributed by atoms with E-state index in [1.54, 1.807) is 0 Å². The number of rotatable bonds is 2. The fraction of sp³-hybridized carbons (Fsp3) is 0.769. The average molecular weight is 234 g/mol. The number of fused-ring (bicyclic) bond motifs is 1. The van der Waals surface area contributed by atoms with Gasteiger partial charge in [0.2, 0.25) is 0 Å². The Morgan fingerprint density at radius 3 is 3.06 bits per heavy atom. The van der Waals surface area contributed by atoms with E-state index < -0.39 is 0 Å². The van der Waals surface area contributed by atoms with Crippen molar-refractivity contribution in [3.05, 3.63) is 17.7 Å². The molecular formula is C13H22N4. The Bertz CT molecular complexity index is 398. The van der Waals surface area contributed by atoms with Crippen LogP contribution in [0.1, 0.15) is 49.8 Å². The van der Waals surface area contributed by atoms with Crippen molar-refractivity contribution in [2.24, 2.45) is 5.73 Å². The van der Waals surface area contributed by atoms with Gasteiger partial charge >= 0.3 is 0 Å². The monoisotopic (exact) mass is 234 g/mol. The summed E-state index contributed by atoms with van der Waals surface area (Å²) in [6, 6.07) is 0. The van der Waals surface area contributed by atoms with E-state index in [9.17, 15) is 0 Å². The van der Waals surface area contributed by atoms with Crippen molar-refractivity contribution in [1.82, 2.24) is 14.5 Å². The van der Waals surface area contributed by atoms with E-state index in [2.05, 4.69) is 22.6 Å². The standard InChI is InChI=1S/C13H22N4/c1-2-16-7-6-10(8-16)11-9-17-12(14)4-3-5-13(17)15-11/h9-10,12H,2-8,14H2,1H3. The number of likely N-dealkylation sites (N-methyl/N-ethyl adjacent to an activating group) is 1. The number of likely N-dealkylation sites (tertiary alicyclic amines) is 1. The number of nitrogens with zero attached hydrogens (tertiary/aromatic N) is 3. The first-order valence-corrected chi connectivity index (χ1v) is 6.83. The van der Waals surface area contributed by atoms with Crippen molar-refractivity contribution >= 4 is 0 Å². The number of aryl methyl sites for hydroxylation is 1. The lowest BCUT2D eigenvalue weighted by Crippen LogP contribution is -2.24. The summed E-state index contributed by atoms with van der Waals surface area (Å²) in [7, 11) is 0. The molecule has 4 nitrogen and oxygen atoms in total. The molecule has 0 radical (unpaired) electrons. The molecule has 2 unspecified atom stereocenters. The second-order valence-corrected chi connectivity index (χ2v) is 5.33. The van der Waals surface area contributed by atoms with Gasteiger partial charge in [-0.1, -0.05) is 6.92 Å². The van der Waals surface area contributed by atoms with E-state index >= 15 is 0 Å². The smallest absolute Gasteiger partial charge is 0.110 e. The Hall–Kier alpha value is -0.870. The molecule has 2 aliphatic rings. The number of hydrogen-bond acceptors (Lipinski definition) is 3. The largest absolute Gasteiger partial charge is 0.319 e. The molecule has 0 saturated carbocycles. The Morgan fingerprint density at radius 2 is 2.35 bits per heavy atom. The summed E-state index contributed by atoms with van der Waals surface area (Å²) in [6.07, 6.45) is 6.99. The number of hydrogen-bond donors (Lipinski definition) is 1. The highest BCUT2D eigenvalue weighted by molar-refractivity contribution is 5.14. The Balaban J connectivity index is 1.80. The first-order chi connectivity index (χ1) is 8.28. The van der Waals surface area contributed by atoms with Crippen molar-refractivity contribution < 1.29 is 0 Å². The highest BCUT2D eigenvalue weighted by atomic mass is 15.2. The normalized spacial score (nSPS) is 29.5. The van der Waals surface area contributed by atoms with Gasteiger partial charge in [0.05, 0.1) is 11.9 Å². The SMILES string of the molecule is CCN1CCC(c2cn3c(n2)CCCC3N)C1. The summed E-state index contributed by atoms with van der Waals surface area (Å²) >= 11 is 0. The third-order valence-electron chi connectivity index (χ3n) is 4.22. The molecule has 94 valence electrons. The molecule has 2 atom stereocenters. The van der Waals surface area contributed by atoms with Crippen molar-refractivity contribution in [3.63, 3.8) is 0 Å². The van der Waals surface area contributed by atoms with E-state index in [0.29, 0.717) is 5.92 Å². The quantitative estimate of drug-likeness (QED) is 0.843. The van der Waals surface area contributed by atoms with Crippen LogP contribution in [0.25, 0.3) is 0 Å². The molecule has 0 aliphatic carbocycles. The molecule has 1 aromatic rings. The van der Waals surface area contributed by atoms with E-state index in [1.165, 1.54) is 37.4 Å². The molecule has 0 aromatic carbocycles. The minimum atomic E-state index is 0.156. The molecule has 1 fully saturated rings. The fourth-order valence-electron chi connectivity index (χ4n) is 3.09. The third kappa shape index (κ3) is 2.00. The molecule has 4 heteroatoms. The first kappa shape index (κ1) is 11.2. The summed E-state index contributed by atoms with van der Waals surface area (Å²) in [5.41, 5.74) is 7.40. The summed E-state index contributed by atoms with van der Waals surface area (Å²) in [4.78, 5) is 7.31. The van der Waals surface area contributed by atoms with Gasteiger partial charge in [-0.25, -0.2) is 4.98 Å². The van der Waals surface area contributed by atoms with Crippen LogP contribution in [0.15, 0.2) is 6.20 Å². The van der Waals surface area contributed by atoms with Crippen LogP contribution < -0.4 is 5.73 Å². The van der Waals surface area contributed by atoms with E-state index in [-0.39, 0.29) is 6.17 Å². The van der Waals surface area contributed by atoms with Crippen LogP contribution in [0.4, 0.5) is 0 Å². The van der Waals surface area contributed by atoms with Gasteiger partial charge in [0.25, 0.3) is 0 Å². The second kappa shape index (κ2) is 4.42. The van der Waals surface area contributed by atoms with Crippen LogP contribution in [0.3, 0.4) is 0 Å². The van der Waals surface area contributed by atoms with Gasteiger partial charge in [0.15, 0.2) is 0 Å². The summed E-state index contributed by atoms with van der Waals surface area (Å²) in [5, 5.41) is 0. The lowest BCUT2D eigenvalue weighted by molar-refractivity contribution is 0.353. The molecule has 0 bridgehead atoms. The molecule has 17 heavy (non-hydrogen) atoms. The van der Waals surface area contributed by atoms with Gasteiger partial charge < -0.3 is 15.2 Å². The molecule has 0 amide bonds. The topological polar surface area (TPSA) is 47.1 Å².